The molecule has 8 heteroatoms. The van der Waals surface area contributed by atoms with Crippen LogP contribution >= 0.6 is 8.17 Å². The Labute approximate surface area is 147 Å². The zero-order valence-electron chi connectivity index (χ0n) is 14.2. The smallest absolute Gasteiger partial charge is 0.395 e. The van der Waals surface area contributed by atoms with Gasteiger partial charge in [-0.3, -0.25) is 4.52 Å². The monoisotopic (exact) mass is 361 g/mol. The highest BCUT2D eigenvalue weighted by atomic mass is 31.1. The number of benzene rings is 1. The first-order chi connectivity index (χ1) is 11.9. The van der Waals surface area contributed by atoms with Crippen LogP contribution in [0.1, 0.15) is 20.8 Å². The first-order valence-electron chi connectivity index (χ1n) is 7.78. The highest BCUT2D eigenvalue weighted by Crippen LogP contribution is 2.27. The van der Waals surface area contributed by atoms with E-state index >= 15 is 0 Å². The molecule has 0 fully saturated rings. The second-order valence-corrected chi connectivity index (χ2v) is 6.36. The molecular formula is C17H20N3O4P. The third kappa shape index (κ3) is 6.49. The van der Waals surface area contributed by atoms with E-state index in [0.29, 0.717) is 11.6 Å². The fourth-order valence-corrected chi connectivity index (χ4v) is 2.57. The van der Waals surface area contributed by atoms with Crippen molar-refractivity contribution < 1.29 is 18.9 Å². The summed E-state index contributed by atoms with van der Waals surface area (Å²) in [7, 11) is -2.39. The molecule has 2 aromatic rings. The Bertz CT molecular complexity index is 738. The first kappa shape index (κ1) is 18.8. The molecule has 0 amide bonds. The number of pyridine rings is 1. The van der Waals surface area contributed by atoms with Crippen molar-refractivity contribution in [2.24, 2.45) is 4.74 Å². The third-order valence-electron chi connectivity index (χ3n) is 2.92. The van der Waals surface area contributed by atoms with Crippen LogP contribution in [0.3, 0.4) is 0 Å². The fraction of sp³-hybridized carbons (Fsp3) is 0.294. The maximum atomic E-state index is 12.0. The number of carbonyl (C=O) groups excluding carboxylic acids is 1. The van der Waals surface area contributed by atoms with Crippen molar-refractivity contribution in [1.29, 1.82) is 0 Å². The summed E-state index contributed by atoms with van der Waals surface area (Å²) in [6.07, 6.45) is 1.43. The quantitative estimate of drug-likeness (QED) is 0.600. The number of esters is 1. The van der Waals surface area contributed by atoms with E-state index in [1.54, 1.807) is 38.2 Å². The van der Waals surface area contributed by atoms with Crippen LogP contribution in [0, 0.1) is 0 Å². The molecule has 0 spiro atoms. The van der Waals surface area contributed by atoms with Crippen LogP contribution in [0.25, 0.3) is 0 Å². The summed E-state index contributed by atoms with van der Waals surface area (Å²) >= 11 is 0. The fourth-order valence-electron chi connectivity index (χ4n) is 1.85. The van der Waals surface area contributed by atoms with E-state index in [-0.39, 0.29) is 6.10 Å². The van der Waals surface area contributed by atoms with Gasteiger partial charge in [0, 0.05) is 18.0 Å². The Hall–Kier alpha value is -2.50. The lowest BCUT2D eigenvalue weighted by Gasteiger charge is -2.09. The predicted octanol–water partition coefficient (Wildman–Crippen LogP) is 3.40. The maximum absolute atomic E-state index is 12.0. The summed E-state index contributed by atoms with van der Waals surface area (Å²) in [6.45, 7) is 4.99. The van der Waals surface area contributed by atoms with Gasteiger partial charge < -0.3 is 14.9 Å². The summed E-state index contributed by atoms with van der Waals surface area (Å²) in [4.78, 5) is 27.9. The van der Waals surface area contributed by atoms with Crippen LogP contribution in [0.15, 0.2) is 53.4 Å². The van der Waals surface area contributed by atoms with Gasteiger partial charge >= 0.3 is 14.1 Å². The van der Waals surface area contributed by atoms with Gasteiger partial charge in [-0.2, -0.15) is 0 Å². The summed E-state index contributed by atoms with van der Waals surface area (Å²) < 4.78 is 14.1. The number of nitrogens with zero attached hydrogens (tertiary/aromatic N) is 2. The number of hydrogen-bond acceptors (Lipinski definition) is 7. The van der Waals surface area contributed by atoms with Crippen LogP contribution in [-0.4, -0.2) is 23.1 Å². The SMILES string of the molecule is CC(C)OC(=O)[C@H](C)N=[P+]([O-])Oc1cccc(Nc2ccccn2)c1. The van der Waals surface area contributed by atoms with E-state index in [1.807, 2.05) is 24.3 Å². The van der Waals surface area contributed by atoms with Gasteiger partial charge in [0.05, 0.1) is 6.10 Å². The average molecular weight is 361 g/mol. The number of carbonyl (C=O) groups is 1. The van der Waals surface area contributed by atoms with Crippen molar-refractivity contribution in [2.75, 3.05) is 5.32 Å². The van der Waals surface area contributed by atoms with Gasteiger partial charge in [0.1, 0.15) is 5.82 Å². The molecular weight excluding hydrogens is 341 g/mol. The van der Waals surface area contributed by atoms with E-state index in [1.165, 1.54) is 6.92 Å². The summed E-state index contributed by atoms with van der Waals surface area (Å²) in [5, 5.41) is 3.11. The Balaban J connectivity index is 2.01. The van der Waals surface area contributed by atoms with Gasteiger partial charge in [0.15, 0.2) is 11.8 Å². The molecule has 0 radical (unpaired) electrons. The molecule has 0 saturated heterocycles. The van der Waals surface area contributed by atoms with E-state index in [4.69, 9.17) is 9.26 Å². The van der Waals surface area contributed by atoms with Crippen LogP contribution in [0.2, 0.25) is 0 Å². The first-order valence-corrected chi connectivity index (χ1v) is 8.91. The number of aromatic nitrogens is 1. The van der Waals surface area contributed by atoms with Gasteiger partial charge in [0.2, 0.25) is 0 Å². The standard InChI is InChI=1S/C17H20N3O4P/c1-12(2)23-17(21)13(3)20-25(22)24-15-8-6-7-14(11-15)19-16-9-4-5-10-18-16/h4-13H,1-3H3,(H,18,19)/t13-/m0/s1. The Kier molecular flexibility index (Phi) is 6.86. The molecule has 0 aliphatic carbocycles. The zero-order valence-corrected chi connectivity index (χ0v) is 15.1. The minimum absolute atomic E-state index is 0.252. The van der Waals surface area contributed by atoms with Gasteiger partial charge in [-0.1, -0.05) is 16.9 Å². The van der Waals surface area contributed by atoms with Crippen LogP contribution in [0.5, 0.6) is 5.75 Å². The van der Waals surface area contributed by atoms with Crippen molar-refractivity contribution >= 4 is 25.6 Å². The molecule has 0 aliphatic rings. The number of anilines is 2. The van der Waals surface area contributed by atoms with E-state index in [9.17, 15) is 9.69 Å². The lowest BCUT2D eigenvalue weighted by molar-refractivity contribution is -0.170. The summed E-state index contributed by atoms with van der Waals surface area (Å²) in [6, 6.07) is 11.6. The van der Waals surface area contributed by atoms with Crippen LogP contribution in [-0.2, 0) is 9.53 Å². The number of ether oxygens (including phenoxy) is 1. The molecule has 1 unspecified atom stereocenters. The number of rotatable bonds is 7. The van der Waals surface area contributed by atoms with Gasteiger partial charge in [0.25, 0.3) is 0 Å². The molecule has 0 saturated carbocycles. The maximum Gasteiger partial charge on any atom is 0.395 e. The lowest BCUT2D eigenvalue weighted by Crippen LogP contribution is -2.21. The average Bonchev–Trinajstić information content (AvgIpc) is 2.55. The molecule has 2 atom stereocenters. The molecule has 1 N–H and O–H groups in total. The topological polar surface area (TPSA) is 95.9 Å². The minimum atomic E-state index is -2.39. The molecule has 1 heterocycles. The minimum Gasteiger partial charge on any atom is -0.575 e. The van der Waals surface area contributed by atoms with Crippen molar-refractivity contribution in [3.63, 3.8) is 0 Å². The number of hydrogen-bond donors (Lipinski definition) is 1. The summed E-state index contributed by atoms with van der Waals surface area (Å²) in [5.74, 6) is 0.515. The highest BCUT2D eigenvalue weighted by molar-refractivity contribution is 7.34. The zero-order chi connectivity index (χ0) is 18.2. The van der Waals surface area contributed by atoms with Crippen LogP contribution < -0.4 is 14.7 Å². The predicted molar refractivity (Wildman–Crippen MR) is 94.6 cm³/mol. The van der Waals surface area contributed by atoms with E-state index in [2.05, 4.69) is 15.0 Å². The van der Waals surface area contributed by atoms with Gasteiger partial charge in [-0.25, -0.2) is 9.78 Å². The highest BCUT2D eigenvalue weighted by Gasteiger charge is 2.19. The van der Waals surface area contributed by atoms with Gasteiger partial charge in [-0.15, -0.1) is 0 Å². The molecule has 132 valence electrons. The molecule has 2 rings (SSSR count). The van der Waals surface area contributed by atoms with Crippen LogP contribution in [0.4, 0.5) is 11.5 Å². The van der Waals surface area contributed by atoms with Gasteiger partial charge in [-0.05, 0) is 45.0 Å². The third-order valence-corrected chi connectivity index (χ3v) is 3.82. The van der Waals surface area contributed by atoms with E-state index < -0.39 is 20.2 Å². The van der Waals surface area contributed by atoms with Crippen molar-refractivity contribution in [1.82, 2.24) is 4.98 Å². The molecule has 7 nitrogen and oxygen atoms in total. The molecule has 1 aromatic carbocycles. The lowest BCUT2D eigenvalue weighted by atomic mass is 10.3. The molecule has 0 aliphatic heterocycles. The Morgan fingerprint density at radius 3 is 2.72 bits per heavy atom. The molecule has 1 aromatic heterocycles. The normalized spacial score (nSPS) is 12.6. The second kappa shape index (κ2) is 9.11. The van der Waals surface area contributed by atoms with Crippen molar-refractivity contribution in [3.8, 4) is 5.75 Å². The molecule has 0 bridgehead atoms. The second-order valence-electron chi connectivity index (χ2n) is 5.47. The Morgan fingerprint density at radius 2 is 2.04 bits per heavy atom. The summed E-state index contributed by atoms with van der Waals surface area (Å²) in [5.41, 5.74) is 0.729. The van der Waals surface area contributed by atoms with E-state index in [0.717, 1.165) is 5.69 Å². The Morgan fingerprint density at radius 1 is 1.24 bits per heavy atom. The van der Waals surface area contributed by atoms with Crippen molar-refractivity contribution in [2.45, 2.75) is 32.9 Å². The molecule has 25 heavy (non-hydrogen) atoms. The number of nitrogens with one attached hydrogen (secondary N) is 1. The van der Waals surface area contributed by atoms with Crippen molar-refractivity contribution in [3.05, 3.63) is 48.7 Å². The largest absolute Gasteiger partial charge is 0.575 e.